The Morgan fingerprint density at radius 3 is 1.91 bits per heavy atom. The molecule has 0 bridgehead atoms. The zero-order chi connectivity index (χ0) is 42.4. The van der Waals surface area contributed by atoms with Gasteiger partial charge in [0.25, 0.3) is 0 Å². The number of fused-ring (bicyclic) bond motifs is 4. The average Bonchev–Trinajstić information content (AvgIpc) is 3.40. The monoisotopic (exact) mass is 802 g/mol. The van der Waals surface area contributed by atoms with E-state index in [0.717, 1.165) is 12.5 Å². The number of esters is 6. The maximum absolute atomic E-state index is 14.3. The van der Waals surface area contributed by atoms with Crippen LogP contribution in [0.3, 0.4) is 0 Å². The third kappa shape index (κ3) is 7.32. The van der Waals surface area contributed by atoms with Crippen LogP contribution in [0.1, 0.15) is 84.2 Å². The van der Waals surface area contributed by atoms with Crippen LogP contribution in [-0.4, -0.2) is 95.4 Å². The fourth-order valence-corrected chi connectivity index (χ4v) is 9.99. The van der Waals surface area contributed by atoms with Gasteiger partial charge in [-0.2, -0.15) is 0 Å². The molecule has 6 rings (SSSR count). The number of carbonyl (C=O) groups is 6. The van der Waals surface area contributed by atoms with Gasteiger partial charge in [0.15, 0.2) is 17.8 Å². The van der Waals surface area contributed by atoms with Crippen molar-refractivity contribution in [3.63, 3.8) is 0 Å². The van der Waals surface area contributed by atoms with E-state index in [2.05, 4.69) is 0 Å². The maximum Gasteiger partial charge on any atom is 0.338 e. The number of ether oxygens (including phenoxy) is 7. The molecule has 310 valence electrons. The van der Waals surface area contributed by atoms with Crippen LogP contribution in [0.15, 0.2) is 77.9 Å². The van der Waals surface area contributed by atoms with E-state index >= 15 is 0 Å². The van der Waals surface area contributed by atoms with Crippen molar-refractivity contribution in [3.05, 3.63) is 89.0 Å². The van der Waals surface area contributed by atoms with E-state index in [4.69, 9.17) is 33.2 Å². The second-order valence-corrected chi connectivity index (χ2v) is 16.3. The fourth-order valence-electron chi connectivity index (χ4n) is 9.99. The van der Waals surface area contributed by atoms with Gasteiger partial charge in [0.1, 0.15) is 24.4 Å². The molecule has 1 N–H and O–H groups in total. The summed E-state index contributed by atoms with van der Waals surface area (Å²) in [6.07, 6.45) is -5.41. The van der Waals surface area contributed by atoms with Gasteiger partial charge in [-0.15, -0.1) is 0 Å². The molecule has 1 saturated heterocycles. The van der Waals surface area contributed by atoms with Crippen molar-refractivity contribution in [2.75, 3.05) is 6.61 Å². The third-order valence-electron chi connectivity index (χ3n) is 12.3. The van der Waals surface area contributed by atoms with Crippen LogP contribution in [0.4, 0.5) is 0 Å². The van der Waals surface area contributed by atoms with Crippen molar-refractivity contribution in [3.8, 4) is 0 Å². The predicted molar refractivity (Wildman–Crippen MR) is 204 cm³/mol. The minimum atomic E-state index is -1.93. The lowest BCUT2D eigenvalue weighted by Crippen LogP contribution is -2.79. The van der Waals surface area contributed by atoms with E-state index in [1.54, 1.807) is 50.3 Å². The maximum atomic E-state index is 14.3. The van der Waals surface area contributed by atoms with Gasteiger partial charge in [-0.25, -0.2) is 9.59 Å². The number of rotatable bonds is 10. The number of hydrogen-bond donors (Lipinski definition) is 1. The topological polar surface area (TPSA) is 187 Å². The number of aliphatic hydroxyl groups is 1. The highest BCUT2D eigenvalue weighted by Crippen LogP contribution is 2.69. The molecular formula is C44H50O14. The molecule has 2 saturated carbocycles. The number of carbonyl (C=O) groups excluding carboxylic acids is 6. The molecule has 2 aromatic rings. The molecule has 10 atom stereocenters. The highest BCUT2D eigenvalue weighted by Gasteiger charge is 2.81. The first-order chi connectivity index (χ1) is 27.3. The van der Waals surface area contributed by atoms with Gasteiger partial charge in [0, 0.05) is 46.6 Å². The Balaban J connectivity index is 1.68. The van der Waals surface area contributed by atoms with E-state index in [9.17, 15) is 33.9 Å². The Kier molecular flexibility index (Phi) is 11.5. The first kappa shape index (κ1) is 42.3. The average molecular weight is 803 g/mol. The summed E-state index contributed by atoms with van der Waals surface area (Å²) < 4.78 is 43.6. The molecule has 14 nitrogen and oxygen atoms in total. The number of benzene rings is 2. The lowest BCUT2D eigenvalue weighted by atomic mass is 9.49. The normalized spacial score (nSPS) is 32.6. The van der Waals surface area contributed by atoms with Crippen LogP contribution in [0, 0.1) is 16.7 Å². The summed E-state index contributed by atoms with van der Waals surface area (Å²) in [5.74, 6) is -5.91. The SMILES string of the molecule is CC(=O)O[C@H]1C[C@@H]2OC[C@]2(OC(C)=O)[C@@H]2[C@@H](OC(C)=O)[C@@]3(C(C)(C)O)C[C@H](OC(=O)/C=C/c4ccccc4)C(C)=C3[C@@H](OC(=O)c3ccccc3)[C@H](OC(C)=O)[C@@]12C. The van der Waals surface area contributed by atoms with E-state index in [-0.39, 0.29) is 30.6 Å². The third-order valence-corrected chi connectivity index (χ3v) is 12.3. The van der Waals surface area contributed by atoms with Crippen molar-refractivity contribution >= 4 is 41.9 Å². The molecule has 1 aliphatic heterocycles. The molecule has 58 heavy (non-hydrogen) atoms. The summed E-state index contributed by atoms with van der Waals surface area (Å²) in [4.78, 5) is 80.9. The van der Waals surface area contributed by atoms with E-state index in [1.165, 1.54) is 52.8 Å². The minimum Gasteiger partial charge on any atom is -0.462 e. The van der Waals surface area contributed by atoms with Gasteiger partial charge >= 0.3 is 35.8 Å². The van der Waals surface area contributed by atoms with Crippen LogP contribution < -0.4 is 0 Å². The zero-order valence-corrected chi connectivity index (χ0v) is 33.8. The Morgan fingerprint density at radius 2 is 1.38 bits per heavy atom. The molecule has 3 aliphatic carbocycles. The Bertz CT molecular complexity index is 2020. The molecule has 0 amide bonds. The Hall–Kier alpha value is -5.34. The second-order valence-electron chi connectivity index (χ2n) is 16.3. The first-order valence-electron chi connectivity index (χ1n) is 19.2. The van der Waals surface area contributed by atoms with Crippen LogP contribution >= 0.6 is 0 Å². The Morgan fingerprint density at radius 1 is 0.793 bits per heavy atom. The standard InChI is InChI=1S/C44H50O14/c1-24-31(56-34(49)20-19-29-15-11-9-12-16-29)22-43(41(6,7)51)35(24)36(57-40(50)30-17-13-10-14-18-30)38(54-26(3)46)42(8)32(53-25(2)45)21-33-44(23-52-33,58-28(5)48)37(42)39(43)55-27(4)47/h9-20,31-33,36-39,51H,21-23H2,1-8H3/b20-19+/t31-,32-,33-,36+,37+,38-,39+,42-,43+,44+/m0/s1. The van der Waals surface area contributed by atoms with Gasteiger partial charge in [-0.05, 0) is 55.7 Å². The molecule has 0 radical (unpaired) electrons. The zero-order valence-electron chi connectivity index (χ0n) is 33.8. The lowest BCUT2D eigenvalue weighted by molar-refractivity contribution is -0.352. The Labute approximate surface area is 336 Å². The van der Waals surface area contributed by atoms with Crippen molar-refractivity contribution in [1.29, 1.82) is 0 Å². The molecule has 4 aliphatic rings. The van der Waals surface area contributed by atoms with Gasteiger partial charge in [-0.3, -0.25) is 19.2 Å². The highest BCUT2D eigenvalue weighted by atomic mass is 16.6. The first-order valence-corrected chi connectivity index (χ1v) is 19.2. The molecule has 0 unspecified atom stereocenters. The molecule has 14 heteroatoms. The van der Waals surface area contributed by atoms with Gasteiger partial charge in [0.2, 0.25) is 0 Å². The summed E-state index contributed by atoms with van der Waals surface area (Å²) in [5, 5.41) is 12.7. The van der Waals surface area contributed by atoms with Crippen molar-refractivity contribution in [1.82, 2.24) is 0 Å². The fraction of sp³-hybridized carbons (Fsp3) is 0.500. The quantitative estimate of drug-likeness (QED) is 0.149. The summed E-state index contributed by atoms with van der Waals surface area (Å²) in [6.45, 7) is 10.8. The van der Waals surface area contributed by atoms with Crippen molar-refractivity contribution in [2.45, 2.75) is 116 Å². The van der Waals surface area contributed by atoms with Crippen molar-refractivity contribution in [2.24, 2.45) is 16.7 Å². The molecule has 0 aromatic heterocycles. The van der Waals surface area contributed by atoms with Crippen molar-refractivity contribution < 1.29 is 67.0 Å². The highest BCUT2D eigenvalue weighted by molar-refractivity contribution is 5.90. The summed E-state index contributed by atoms with van der Waals surface area (Å²) in [6, 6.07) is 17.1. The van der Waals surface area contributed by atoms with Gasteiger partial charge in [-0.1, -0.05) is 55.5 Å². The van der Waals surface area contributed by atoms with Crippen LogP contribution in [0.2, 0.25) is 0 Å². The van der Waals surface area contributed by atoms with E-state index < -0.39 is 100 Å². The van der Waals surface area contributed by atoms with Gasteiger partial charge in [0.05, 0.1) is 34.5 Å². The molecule has 1 heterocycles. The molecule has 0 spiro atoms. The predicted octanol–water partition coefficient (Wildman–Crippen LogP) is 4.85. The summed E-state index contributed by atoms with van der Waals surface area (Å²) >= 11 is 0. The van der Waals surface area contributed by atoms with Crippen LogP contribution in [-0.2, 0) is 57.1 Å². The minimum absolute atomic E-state index is 0.0642. The van der Waals surface area contributed by atoms with Crippen LogP contribution in [0.25, 0.3) is 6.08 Å². The second kappa shape index (κ2) is 15.8. The lowest BCUT2D eigenvalue weighted by Gasteiger charge is -2.65. The van der Waals surface area contributed by atoms with E-state index in [0.29, 0.717) is 5.57 Å². The smallest absolute Gasteiger partial charge is 0.338 e. The molecule has 3 fully saturated rings. The number of hydrogen-bond acceptors (Lipinski definition) is 14. The molecular weight excluding hydrogens is 752 g/mol. The van der Waals surface area contributed by atoms with E-state index in [1.807, 2.05) is 18.2 Å². The summed E-state index contributed by atoms with van der Waals surface area (Å²) in [7, 11) is 0. The molecule has 2 aromatic carbocycles. The van der Waals surface area contributed by atoms with Crippen LogP contribution in [0.5, 0.6) is 0 Å². The summed E-state index contributed by atoms with van der Waals surface area (Å²) in [5.41, 5.74) is -5.78. The largest absolute Gasteiger partial charge is 0.462 e. The van der Waals surface area contributed by atoms with Gasteiger partial charge < -0.3 is 38.3 Å².